The van der Waals surface area contributed by atoms with Crippen molar-refractivity contribution in [1.82, 2.24) is 4.98 Å². The predicted octanol–water partition coefficient (Wildman–Crippen LogP) is 9.77. The molecule has 0 aliphatic rings. The van der Waals surface area contributed by atoms with Gasteiger partial charge in [-0.05, 0) is 87.3 Å². The molecular weight excluding hydrogens is 450 g/mol. The van der Waals surface area contributed by atoms with Gasteiger partial charge in [0.1, 0.15) is 11.5 Å². The van der Waals surface area contributed by atoms with E-state index in [2.05, 4.69) is 122 Å². The van der Waals surface area contributed by atoms with Crippen LogP contribution in [0.3, 0.4) is 0 Å². The molecule has 0 spiro atoms. The molecule has 6 aromatic carbocycles. The van der Waals surface area contributed by atoms with E-state index < -0.39 is 0 Å². The number of benzene rings is 6. The van der Waals surface area contributed by atoms with Crippen LogP contribution in [0.15, 0.2) is 116 Å². The van der Waals surface area contributed by atoms with E-state index in [-0.39, 0.29) is 0 Å². The molecule has 0 fully saturated rings. The number of aryl methyl sites for hydroxylation is 2. The number of fused-ring (bicyclic) bond motifs is 5. The van der Waals surface area contributed by atoms with Crippen LogP contribution in [0, 0.1) is 13.8 Å². The fraction of sp³-hybridized carbons (Fsp3) is 0.0571. The molecule has 1 heterocycles. The molecule has 0 amide bonds. The number of aromatic nitrogens is 1. The number of nitrogens with zero attached hydrogens (tertiary/aromatic N) is 1. The number of ether oxygens (including phenoxy) is 1. The van der Waals surface area contributed by atoms with E-state index in [0.717, 1.165) is 33.0 Å². The lowest BCUT2D eigenvalue weighted by atomic mass is 9.87. The Hall–Kier alpha value is -4.69. The summed E-state index contributed by atoms with van der Waals surface area (Å²) in [6.45, 7) is 4.24. The molecule has 0 radical (unpaired) electrons. The van der Waals surface area contributed by atoms with Gasteiger partial charge in [0.25, 0.3) is 0 Å². The lowest BCUT2D eigenvalue weighted by Gasteiger charge is -2.19. The van der Waals surface area contributed by atoms with Crippen LogP contribution in [-0.2, 0) is 0 Å². The summed E-state index contributed by atoms with van der Waals surface area (Å²) in [7, 11) is 0. The van der Waals surface area contributed by atoms with Gasteiger partial charge in [0, 0.05) is 28.6 Å². The average molecular weight is 476 g/mol. The Morgan fingerprint density at radius 3 is 2.03 bits per heavy atom. The summed E-state index contributed by atoms with van der Waals surface area (Å²) in [6, 6.07) is 36.6. The molecule has 0 unspecified atom stereocenters. The summed E-state index contributed by atoms with van der Waals surface area (Å²) in [5.41, 5.74) is 4.87. The molecule has 0 saturated carbocycles. The van der Waals surface area contributed by atoms with E-state index >= 15 is 0 Å². The monoisotopic (exact) mass is 475 g/mol. The van der Waals surface area contributed by atoms with Crippen LogP contribution in [0.5, 0.6) is 11.5 Å². The van der Waals surface area contributed by atoms with Gasteiger partial charge >= 0.3 is 0 Å². The Bertz CT molecular complexity index is 1930. The van der Waals surface area contributed by atoms with Crippen molar-refractivity contribution < 1.29 is 4.74 Å². The highest BCUT2D eigenvalue weighted by molar-refractivity contribution is 6.23. The quantitative estimate of drug-likeness (QED) is 0.187. The third-order valence-corrected chi connectivity index (χ3v) is 7.51. The first kappa shape index (κ1) is 21.6. The Morgan fingerprint density at radius 1 is 0.541 bits per heavy atom. The van der Waals surface area contributed by atoms with Gasteiger partial charge in [0.15, 0.2) is 0 Å². The topological polar surface area (TPSA) is 22.1 Å². The minimum Gasteiger partial charge on any atom is -0.456 e. The molecule has 0 saturated heterocycles. The predicted molar refractivity (Wildman–Crippen MR) is 156 cm³/mol. The van der Waals surface area contributed by atoms with Crippen LogP contribution >= 0.6 is 0 Å². The van der Waals surface area contributed by atoms with Crippen molar-refractivity contribution >= 4 is 43.1 Å². The molecule has 2 heteroatoms. The highest BCUT2D eigenvalue weighted by atomic mass is 16.5. The first-order chi connectivity index (χ1) is 18.2. The van der Waals surface area contributed by atoms with E-state index in [1.807, 2.05) is 12.4 Å². The van der Waals surface area contributed by atoms with Crippen molar-refractivity contribution in [2.24, 2.45) is 0 Å². The lowest BCUT2D eigenvalue weighted by molar-refractivity contribution is 0.493. The van der Waals surface area contributed by atoms with Crippen LogP contribution in [0.25, 0.3) is 54.2 Å². The molecule has 0 atom stereocenters. The molecule has 37 heavy (non-hydrogen) atoms. The van der Waals surface area contributed by atoms with Crippen molar-refractivity contribution in [3.63, 3.8) is 0 Å². The average Bonchev–Trinajstić information content (AvgIpc) is 2.95. The smallest absolute Gasteiger partial charge is 0.143 e. The fourth-order valence-electron chi connectivity index (χ4n) is 5.54. The third kappa shape index (κ3) is 3.45. The van der Waals surface area contributed by atoms with Crippen molar-refractivity contribution in [2.45, 2.75) is 13.8 Å². The molecule has 2 nitrogen and oxygen atoms in total. The highest BCUT2D eigenvalue weighted by Gasteiger charge is 2.19. The largest absolute Gasteiger partial charge is 0.456 e. The van der Waals surface area contributed by atoms with Crippen molar-refractivity contribution in [3.8, 4) is 22.6 Å². The molecule has 7 rings (SSSR count). The Kier molecular flexibility index (Phi) is 4.93. The first-order valence-electron chi connectivity index (χ1n) is 12.6. The van der Waals surface area contributed by atoms with E-state index in [0.29, 0.717) is 0 Å². The second-order valence-electron chi connectivity index (χ2n) is 9.71. The molecule has 176 valence electrons. The number of hydrogen-bond donors (Lipinski definition) is 0. The SMILES string of the molecule is Cc1ccc(Oc2c3ccccc3c(-c3cc4ccccc4c4ccccc34)c3cnccc23)cc1C. The van der Waals surface area contributed by atoms with Crippen LogP contribution in [-0.4, -0.2) is 4.98 Å². The Labute approximate surface area is 215 Å². The maximum Gasteiger partial charge on any atom is 0.143 e. The van der Waals surface area contributed by atoms with Gasteiger partial charge in [0.05, 0.1) is 0 Å². The molecule has 0 bridgehead atoms. The minimum atomic E-state index is 0.843. The normalized spacial score (nSPS) is 11.5. The van der Waals surface area contributed by atoms with Gasteiger partial charge in [-0.1, -0.05) is 78.9 Å². The maximum absolute atomic E-state index is 6.66. The summed E-state index contributed by atoms with van der Waals surface area (Å²) in [4.78, 5) is 4.57. The van der Waals surface area contributed by atoms with Crippen molar-refractivity contribution in [1.29, 1.82) is 0 Å². The first-order valence-corrected chi connectivity index (χ1v) is 12.6. The number of hydrogen-bond acceptors (Lipinski definition) is 2. The minimum absolute atomic E-state index is 0.843. The lowest BCUT2D eigenvalue weighted by Crippen LogP contribution is -1.94. The number of rotatable bonds is 3. The summed E-state index contributed by atoms with van der Waals surface area (Å²) in [5, 5.41) is 9.37. The summed E-state index contributed by atoms with van der Waals surface area (Å²) in [6.07, 6.45) is 3.83. The van der Waals surface area contributed by atoms with E-state index in [4.69, 9.17) is 4.74 Å². The second-order valence-corrected chi connectivity index (χ2v) is 9.71. The molecule has 1 aromatic heterocycles. The fourth-order valence-corrected chi connectivity index (χ4v) is 5.54. The summed E-state index contributed by atoms with van der Waals surface area (Å²) in [5.74, 6) is 1.71. The van der Waals surface area contributed by atoms with E-state index in [9.17, 15) is 0 Å². The third-order valence-electron chi connectivity index (χ3n) is 7.51. The molecule has 0 N–H and O–H groups in total. The molecular formula is C35H25NO. The van der Waals surface area contributed by atoms with Crippen LogP contribution < -0.4 is 4.74 Å². The van der Waals surface area contributed by atoms with Gasteiger partial charge < -0.3 is 4.74 Å². The summed E-state index contributed by atoms with van der Waals surface area (Å²) < 4.78 is 6.66. The Morgan fingerprint density at radius 2 is 1.22 bits per heavy atom. The Balaban J connectivity index is 1.60. The van der Waals surface area contributed by atoms with Gasteiger partial charge in [-0.15, -0.1) is 0 Å². The maximum atomic E-state index is 6.66. The van der Waals surface area contributed by atoms with Crippen LogP contribution in [0.4, 0.5) is 0 Å². The van der Waals surface area contributed by atoms with Gasteiger partial charge in [-0.3, -0.25) is 4.98 Å². The zero-order valence-electron chi connectivity index (χ0n) is 20.8. The van der Waals surface area contributed by atoms with Crippen LogP contribution in [0.2, 0.25) is 0 Å². The molecule has 7 aromatic rings. The van der Waals surface area contributed by atoms with Crippen LogP contribution in [0.1, 0.15) is 11.1 Å². The van der Waals surface area contributed by atoms with E-state index in [1.165, 1.54) is 43.8 Å². The standard InChI is InChI=1S/C35H25NO/c1-22-15-16-25(19-23(22)2)37-35-30-14-8-7-13-29(30)34(33-21-36-18-17-31(33)35)32-20-24-9-3-4-10-26(24)27-11-5-6-12-28(27)32/h3-21H,1-2H3. The summed E-state index contributed by atoms with van der Waals surface area (Å²) >= 11 is 0. The van der Waals surface area contributed by atoms with Crippen molar-refractivity contribution in [3.05, 3.63) is 127 Å². The van der Waals surface area contributed by atoms with Gasteiger partial charge in [0.2, 0.25) is 0 Å². The van der Waals surface area contributed by atoms with Crippen molar-refractivity contribution in [2.75, 3.05) is 0 Å². The van der Waals surface area contributed by atoms with Gasteiger partial charge in [-0.2, -0.15) is 0 Å². The molecule has 0 aliphatic carbocycles. The highest BCUT2D eigenvalue weighted by Crippen LogP contribution is 2.47. The zero-order valence-corrected chi connectivity index (χ0v) is 20.8. The van der Waals surface area contributed by atoms with E-state index in [1.54, 1.807) is 0 Å². The number of pyridine rings is 1. The van der Waals surface area contributed by atoms with Gasteiger partial charge in [-0.25, -0.2) is 0 Å². The molecule has 0 aliphatic heterocycles. The zero-order chi connectivity index (χ0) is 24.9. The second kappa shape index (κ2) is 8.46.